The van der Waals surface area contributed by atoms with E-state index in [1.807, 2.05) is 12.1 Å². The van der Waals surface area contributed by atoms with Crippen LogP contribution >= 0.6 is 11.6 Å². The summed E-state index contributed by atoms with van der Waals surface area (Å²) in [6, 6.07) is 7.17. The van der Waals surface area contributed by atoms with Crippen LogP contribution in [0.4, 0.5) is 0 Å². The van der Waals surface area contributed by atoms with Gasteiger partial charge in [-0.3, -0.25) is 9.59 Å². The minimum atomic E-state index is -1.23. The summed E-state index contributed by atoms with van der Waals surface area (Å²) in [4.78, 5) is 36.5. The van der Waals surface area contributed by atoms with E-state index in [-0.39, 0.29) is 55.6 Å². The van der Waals surface area contributed by atoms with Crippen LogP contribution in [0, 0.1) is 23.2 Å². The summed E-state index contributed by atoms with van der Waals surface area (Å²) >= 11 is 5.95. The number of carbonyl (C=O) groups excluding carboxylic acids is 2. The van der Waals surface area contributed by atoms with E-state index < -0.39 is 35.7 Å². The second-order valence-electron chi connectivity index (χ2n) is 9.45. The molecule has 1 aromatic carbocycles. The molecule has 9 nitrogen and oxygen atoms in total. The summed E-state index contributed by atoms with van der Waals surface area (Å²) in [5, 5.41) is 21.4. The van der Waals surface area contributed by atoms with Crippen molar-refractivity contribution in [3.8, 4) is 0 Å². The number of hydrogen-bond donors (Lipinski definition) is 4. The number of aldehydes is 1. The number of aliphatic carboxylic acids is 1. The van der Waals surface area contributed by atoms with Gasteiger partial charge in [-0.15, -0.1) is 0 Å². The third-order valence-electron chi connectivity index (χ3n) is 7.46. The fraction of sp³-hybridized carbons (Fsp3) is 0.500. The molecule has 0 spiro atoms. The maximum absolute atomic E-state index is 12.6. The molecule has 1 amide bonds. The molecule has 36 heavy (non-hydrogen) atoms. The number of benzene rings is 1. The number of ether oxygens (including phenoxy) is 2. The Kier molecular flexibility index (Phi) is 9.30. The zero-order chi connectivity index (χ0) is 26.5. The molecule has 1 aliphatic heterocycles. The number of primary amides is 1. The largest absolute Gasteiger partial charge is 0.481 e. The number of aliphatic hydroxyl groups is 1. The normalized spacial score (nSPS) is 24.0. The number of amides is 1. The summed E-state index contributed by atoms with van der Waals surface area (Å²) in [5.41, 5.74) is 13.1. The predicted molar refractivity (Wildman–Crippen MR) is 133 cm³/mol. The van der Waals surface area contributed by atoms with E-state index in [0.29, 0.717) is 29.7 Å². The van der Waals surface area contributed by atoms with E-state index in [0.717, 1.165) is 5.56 Å². The lowest BCUT2D eigenvalue weighted by Crippen LogP contribution is -2.48. The lowest BCUT2D eigenvalue weighted by Gasteiger charge is -2.47. The van der Waals surface area contributed by atoms with Gasteiger partial charge in [0.05, 0.1) is 25.7 Å². The Hall–Kier alpha value is -2.72. The van der Waals surface area contributed by atoms with Crippen molar-refractivity contribution in [2.75, 3.05) is 26.6 Å². The fourth-order valence-corrected chi connectivity index (χ4v) is 5.61. The average Bonchev–Trinajstić information content (AvgIpc) is 2.86. The van der Waals surface area contributed by atoms with Gasteiger partial charge >= 0.3 is 5.97 Å². The molecule has 3 atom stereocenters. The summed E-state index contributed by atoms with van der Waals surface area (Å²) < 4.78 is 10.9. The highest BCUT2D eigenvalue weighted by Crippen LogP contribution is 2.52. The molecule has 0 saturated carbocycles. The highest BCUT2D eigenvalue weighted by molar-refractivity contribution is 6.30. The first-order valence-corrected chi connectivity index (χ1v) is 12.2. The topological polar surface area (TPSA) is 162 Å². The molecular formula is C26H33ClN2O7. The molecular weight excluding hydrogens is 488 g/mol. The number of nitrogens with two attached hydrogens (primary N) is 2. The molecule has 196 valence electrons. The summed E-state index contributed by atoms with van der Waals surface area (Å²) in [6.07, 6.45) is 1.20. The second-order valence-corrected chi connectivity index (χ2v) is 9.89. The molecule has 0 radical (unpaired) electrons. The van der Waals surface area contributed by atoms with E-state index in [4.69, 9.17) is 32.5 Å². The van der Waals surface area contributed by atoms with Crippen LogP contribution in [0.3, 0.4) is 0 Å². The van der Waals surface area contributed by atoms with E-state index >= 15 is 0 Å². The van der Waals surface area contributed by atoms with Crippen molar-refractivity contribution >= 4 is 29.8 Å². The van der Waals surface area contributed by atoms with Gasteiger partial charge in [0.2, 0.25) is 5.91 Å². The molecule has 1 saturated heterocycles. The van der Waals surface area contributed by atoms with E-state index in [9.17, 15) is 24.6 Å². The molecule has 0 bridgehead atoms. The number of carbonyl (C=O) groups is 3. The van der Waals surface area contributed by atoms with Crippen LogP contribution in [0.2, 0.25) is 5.02 Å². The standard InChI is InChI=1S/C26H33ClN2O7/c1-15-21(18-11-35-14-36-12-18)22(24(29)32)20(8-9-30)23(28)26(15,13-31)10-17(25(33)34)5-2-16-3-6-19(27)7-4-16/h3-4,6-7,9,15,17-18,31H,2,5,8,10-14,28H2,1H3,(H2,29,32)(H,33,34). The van der Waals surface area contributed by atoms with Gasteiger partial charge in [0.1, 0.15) is 13.1 Å². The van der Waals surface area contributed by atoms with Gasteiger partial charge < -0.3 is 35.9 Å². The maximum atomic E-state index is 12.6. The minimum Gasteiger partial charge on any atom is -0.481 e. The summed E-state index contributed by atoms with van der Waals surface area (Å²) in [7, 11) is 0. The first-order valence-electron chi connectivity index (χ1n) is 11.9. The van der Waals surface area contributed by atoms with Crippen LogP contribution in [0.1, 0.15) is 31.7 Å². The van der Waals surface area contributed by atoms with Crippen molar-refractivity contribution in [1.29, 1.82) is 0 Å². The lowest BCUT2D eigenvalue weighted by atomic mass is 9.58. The Morgan fingerprint density at radius 3 is 2.42 bits per heavy atom. The van der Waals surface area contributed by atoms with Gasteiger partial charge in [-0.25, -0.2) is 0 Å². The number of aliphatic hydroxyl groups excluding tert-OH is 1. The van der Waals surface area contributed by atoms with Crippen LogP contribution in [0.15, 0.2) is 46.7 Å². The highest BCUT2D eigenvalue weighted by atomic mass is 35.5. The zero-order valence-electron chi connectivity index (χ0n) is 20.2. The van der Waals surface area contributed by atoms with Crippen molar-refractivity contribution in [3.63, 3.8) is 0 Å². The lowest BCUT2D eigenvalue weighted by molar-refractivity contribution is -0.144. The van der Waals surface area contributed by atoms with Crippen LogP contribution in [-0.2, 0) is 30.3 Å². The van der Waals surface area contributed by atoms with Crippen molar-refractivity contribution in [2.24, 2.45) is 34.6 Å². The maximum Gasteiger partial charge on any atom is 0.306 e. The van der Waals surface area contributed by atoms with Gasteiger partial charge in [0.15, 0.2) is 0 Å². The monoisotopic (exact) mass is 520 g/mol. The molecule has 2 aliphatic rings. The number of aryl methyl sites for hydroxylation is 1. The zero-order valence-corrected chi connectivity index (χ0v) is 21.0. The van der Waals surface area contributed by atoms with Crippen molar-refractivity contribution in [3.05, 3.63) is 57.3 Å². The minimum absolute atomic E-state index is 0.00571. The molecule has 1 aliphatic carbocycles. The quantitative estimate of drug-likeness (QED) is 0.323. The number of rotatable bonds is 11. The molecule has 10 heteroatoms. The Morgan fingerprint density at radius 1 is 1.25 bits per heavy atom. The smallest absolute Gasteiger partial charge is 0.306 e. The molecule has 3 rings (SSSR count). The van der Waals surface area contributed by atoms with E-state index in [1.54, 1.807) is 19.1 Å². The van der Waals surface area contributed by atoms with E-state index in [1.165, 1.54) is 0 Å². The van der Waals surface area contributed by atoms with Gasteiger partial charge in [-0.05, 0) is 54.0 Å². The third kappa shape index (κ3) is 5.64. The SMILES string of the molecule is CC1C(C2COCOC2)=C(C(N)=O)C(CC=O)=C(N)C1(CO)CC(CCc1ccc(Cl)cc1)C(=O)O. The van der Waals surface area contributed by atoms with Crippen molar-refractivity contribution in [2.45, 2.75) is 32.6 Å². The molecule has 0 aromatic heterocycles. The molecule has 1 fully saturated rings. The number of hydrogen-bond acceptors (Lipinski definition) is 7. The Balaban J connectivity index is 2.04. The van der Waals surface area contributed by atoms with Crippen molar-refractivity contribution < 1.29 is 34.1 Å². The molecule has 3 unspecified atom stereocenters. The Labute approximate surface area is 215 Å². The van der Waals surface area contributed by atoms with Crippen LogP contribution in [0.25, 0.3) is 0 Å². The first-order chi connectivity index (χ1) is 17.2. The second kappa shape index (κ2) is 12.0. The molecule has 1 heterocycles. The van der Waals surface area contributed by atoms with Crippen LogP contribution in [0.5, 0.6) is 0 Å². The molecule has 1 aromatic rings. The average molecular weight is 521 g/mol. The summed E-state index contributed by atoms with van der Waals surface area (Å²) in [6.45, 7) is 1.94. The predicted octanol–water partition coefficient (Wildman–Crippen LogP) is 2.20. The highest BCUT2D eigenvalue weighted by Gasteiger charge is 2.50. The fourth-order valence-electron chi connectivity index (χ4n) is 5.49. The Morgan fingerprint density at radius 2 is 1.89 bits per heavy atom. The van der Waals surface area contributed by atoms with Gasteiger partial charge in [-0.1, -0.05) is 30.7 Å². The van der Waals surface area contributed by atoms with E-state index in [2.05, 4.69) is 0 Å². The summed E-state index contributed by atoms with van der Waals surface area (Å²) in [5.74, 6) is -3.56. The van der Waals surface area contributed by atoms with Gasteiger partial charge in [0.25, 0.3) is 0 Å². The first kappa shape index (κ1) is 27.9. The van der Waals surface area contributed by atoms with Crippen LogP contribution < -0.4 is 11.5 Å². The van der Waals surface area contributed by atoms with Gasteiger partial charge in [-0.2, -0.15) is 0 Å². The number of halogens is 1. The Bertz CT molecular complexity index is 1050. The third-order valence-corrected chi connectivity index (χ3v) is 7.71. The van der Waals surface area contributed by atoms with Crippen molar-refractivity contribution in [1.82, 2.24) is 0 Å². The van der Waals surface area contributed by atoms with Crippen LogP contribution in [-0.4, -0.2) is 55.0 Å². The number of carboxylic acids is 1. The van der Waals surface area contributed by atoms with Gasteiger partial charge in [0, 0.05) is 34.0 Å². The molecule has 6 N–H and O–H groups in total. The number of carboxylic acid groups (broad SMARTS) is 1.